The van der Waals surface area contributed by atoms with Crippen molar-refractivity contribution in [3.05, 3.63) is 135 Å². The third-order valence-corrected chi connectivity index (χ3v) is 9.10. The summed E-state index contributed by atoms with van der Waals surface area (Å²) in [5, 5.41) is 32.9. The number of aryl methyl sites for hydroxylation is 2. The number of carbonyl (C=O) groups is 3. The van der Waals surface area contributed by atoms with Crippen LogP contribution in [-0.4, -0.2) is 99.1 Å². The highest BCUT2D eigenvalue weighted by atomic mass is 19.4. The average molecular weight is 828 g/mol. The summed E-state index contributed by atoms with van der Waals surface area (Å²) in [5.74, 6) is -5.20. The van der Waals surface area contributed by atoms with Crippen LogP contribution in [0.4, 0.5) is 22.0 Å². The largest absolute Gasteiger partial charge is 0.492 e. The van der Waals surface area contributed by atoms with Gasteiger partial charge in [-0.1, -0.05) is 48.5 Å². The van der Waals surface area contributed by atoms with E-state index in [2.05, 4.69) is 0 Å². The van der Waals surface area contributed by atoms with Gasteiger partial charge in [0.25, 0.3) is 0 Å². The Hall–Kier alpha value is -6.17. The maximum atomic E-state index is 14.5. The van der Waals surface area contributed by atoms with Crippen LogP contribution in [0.15, 0.2) is 95.8 Å². The number of ether oxygens (including phenoxy) is 1. The maximum Gasteiger partial charge on any atom is 0.416 e. The number of hydrogen-bond acceptors (Lipinski definition) is 8. The Morgan fingerprint density at radius 1 is 0.797 bits per heavy atom. The lowest BCUT2D eigenvalue weighted by molar-refractivity contribution is -0.165. The summed E-state index contributed by atoms with van der Waals surface area (Å²) >= 11 is 0. The minimum atomic E-state index is -4.41. The fourth-order valence-electron chi connectivity index (χ4n) is 5.78. The van der Waals surface area contributed by atoms with Crippen LogP contribution in [0.5, 0.6) is 5.75 Å². The summed E-state index contributed by atoms with van der Waals surface area (Å²) in [7, 11) is 5.49. The first-order chi connectivity index (χ1) is 27.8. The Kier molecular flexibility index (Phi) is 15.4. The maximum absolute atomic E-state index is 14.5. The number of aliphatic carboxylic acids is 2. The molecule has 0 saturated carbocycles. The highest BCUT2D eigenvalue weighted by molar-refractivity contribution is 5.84. The number of aromatic nitrogens is 1. The van der Waals surface area contributed by atoms with Gasteiger partial charge in [-0.3, -0.25) is 9.59 Å². The van der Waals surface area contributed by atoms with Gasteiger partial charge in [0.15, 0.2) is 29.3 Å². The van der Waals surface area contributed by atoms with E-state index in [9.17, 15) is 41.1 Å². The van der Waals surface area contributed by atoms with E-state index in [0.717, 1.165) is 29.3 Å². The van der Waals surface area contributed by atoms with Gasteiger partial charge in [-0.05, 0) is 79.5 Å². The molecule has 1 heterocycles. The molecule has 1 aromatic heterocycles. The molecule has 0 aliphatic rings. The molecular weight excluding hydrogens is 785 g/mol. The number of benzene rings is 4. The Labute approximate surface area is 334 Å². The molecule has 1 amide bonds. The van der Waals surface area contributed by atoms with E-state index in [1.807, 2.05) is 31.1 Å². The predicted molar refractivity (Wildman–Crippen MR) is 207 cm³/mol. The monoisotopic (exact) mass is 827 g/mol. The molecule has 0 aliphatic carbocycles. The quantitative estimate of drug-likeness (QED) is 0.103. The number of carboxylic acids is 2. The topological polar surface area (TPSA) is 170 Å². The van der Waals surface area contributed by atoms with Gasteiger partial charge in [-0.2, -0.15) is 13.2 Å². The molecule has 5 rings (SSSR count). The molecule has 4 N–H and O–H groups in total. The van der Waals surface area contributed by atoms with Crippen LogP contribution < -0.4 is 10.2 Å². The first kappa shape index (κ1) is 45.5. The number of carboxylic acid groups (broad SMARTS) is 2. The highest BCUT2D eigenvalue weighted by Crippen LogP contribution is 2.31. The lowest BCUT2D eigenvalue weighted by atomic mass is 10.0. The van der Waals surface area contributed by atoms with Crippen molar-refractivity contribution in [1.82, 2.24) is 14.4 Å². The van der Waals surface area contributed by atoms with Crippen LogP contribution in [0.25, 0.3) is 22.0 Å². The molecule has 12 nitrogen and oxygen atoms in total. The van der Waals surface area contributed by atoms with Crippen LogP contribution in [0.3, 0.4) is 0 Å². The van der Waals surface area contributed by atoms with Gasteiger partial charge in [-0.25, -0.2) is 18.4 Å². The van der Waals surface area contributed by atoms with Crippen LogP contribution in [-0.2, 0) is 46.5 Å². The minimum Gasteiger partial charge on any atom is -0.492 e. The number of hydrogen-bond donors (Lipinski definition) is 4. The molecule has 0 saturated heterocycles. The van der Waals surface area contributed by atoms with Crippen molar-refractivity contribution in [2.75, 3.05) is 34.3 Å². The molecule has 0 fully saturated rings. The summed E-state index contributed by atoms with van der Waals surface area (Å²) in [5.41, 5.74) is 2.29. The van der Waals surface area contributed by atoms with Gasteiger partial charge in [0.1, 0.15) is 18.9 Å². The van der Waals surface area contributed by atoms with Crippen molar-refractivity contribution < 1.29 is 61.5 Å². The predicted octanol–water partition coefficient (Wildman–Crippen LogP) is 5.23. The van der Waals surface area contributed by atoms with E-state index in [-0.39, 0.29) is 42.8 Å². The van der Waals surface area contributed by atoms with E-state index in [1.54, 1.807) is 41.9 Å². The van der Waals surface area contributed by atoms with Crippen LogP contribution in [0, 0.1) is 11.6 Å². The zero-order valence-corrected chi connectivity index (χ0v) is 32.1. The molecule has 0 unspecified atom stereocenters. The number of aliphatic hydroxyl groups is 2. The van der Waals surface area contributed by atoms with Gasteiger partial charge in [0, 0.05) is 43.4 Å². The van der Waals surface area contributed by atoms with E-state index < -0.39 is 47.5 Å². The molecule has 0 spiro atoms. The van der Waals surface area contributed by atoms with Crippen LogP contribution >= 0.6 is 0 Å². The number of amides is 1. The fourth-order valence-corrected chi connectivity index (χ4v) is 5.78. The lowest BCUT2D eigenvalue weighted by Gasteiger charge is -2.22. The number of alkyl halides is 3. The number of nitrogens with zero attached hydrogens (tertiary/aromatic N) is 3. The first-order valence-corrected chi connectivity index (χ1v) is 18.0. The molecule has 0 radical (unpaired) electrons. The zero-order chi connectivity index (χ0) is 43.6. The number of carbonyl (C=O) groups excluding carboxylic acids is 1. The fraction of sp³-hybridized carbons (Fsp3) is 0.286. The third kappa shape index (κ3) is 12.4. The smallest absolute Gasteiger partial charge is 0.416 e. The number of likely N-dealkylation sites (N-methyl/N-ethyl adjacent to an activating group) is 2. The SMILES string of the molecule is CN(C)CCOc1ccc2c(=O)cc(CCc3cccc(F)c3F)n(CC(=O)N(C)Cc3ccc(-c4ccc(C(F)(F)F)cc4)cc3)c2c1.O=C(O)[C@H](O)[C@@H](O)C(=O)O. The van der Waals surface area contributed by atoms with Crippen LogP contribution in [0.1, 0.15) is 22.4 Å². The number of aliphatic hydroxyl groups excluding tert-OH is 2. The lowest BCUT2D eigenvalue weighted by Crippen LogP contribution is -2.39. The highest BCUT2D eigenvalue weighted by Gasteiger charge is 2.30. The molecule has 0 bridgehead atoms. The zero-order valence-electron chi connectivity index (χ0n) is 32.1. The summed E-state index contributed by atoms with van der Waals surface area (Å²) in [6.07, 6.45) is -8.68. The third-order valence-electron chi connectivity index (χ3n) is 9.10. The molecular formula is C42H42F5N3O9. The normalized spacial score (nSPS) is 12.4. The van der Waals surface area contributed by atoms with Crippen molar-refractivity contribution in [2.24, 2.45) is 0 Å². The molecule has 0 aliphatic heterocycles. The summed E-state index contributed by atoms with van der Waals surface area (Å²) in [6.45, 7) is 1.17. The summed E-state index contributed by atoms with van der Waals surface area (Å²) in [6, 6.07) is 22.6. The van der Waals surface area contributed by atoms with E-state index in [4.69, 9.17) is 25.2 Å². The Morgan fingerprint density at radius 2 is 1.39 bits per heavy atom. The van der Waals surface area contributed by atoms with Crippen molar-refractivity contribution >= 4 is 28.7 Å². The molecule has 2 atom stereocenters. The number of fused-ring (bicyclic) bond motifs is 1. The van der Waals surface area contributed by atoms with Gasteiger partial charge >= 0.3 is 18.1 Å². The second-order valence-corrected chi connectivity index (χ2v) is 13.7. The minimum absolute atomic E-state index is 0.100. The van der Waals surface area contributed by atoms with Gasteiger partial charge in [-0.15, -0.1) is 0 Å². The Bertz CT molecular complexity index is 2300. The van der Waals surface area contributed by atoms with Gasteiger partial charge < -0.3 is 39.5 Å². The van der Waals surface area contributed by atoms with Crippen LogP contribution in [0.2, 0.25) is 0 Å². The second-order valence-electron chi connectivity index (χ2n) is 13.7. The van der Waals surface area contributed by atoms with Crippen molar-refractivity contribution in [3.8, 4) is 16.9 Å². The van der Waals surface area contributed by atoms with Crippen molar-refractivity contribution in [3.63, 3.8) is 0 Å². The van der Waals surface area contributed by atoms with Gasteiger partial charge in [0.2, 0.25) is 5.91 Å². The molecule has 314 valence electrons. The summed E-state index contributed by atoms with van der Waals surface area (Å²) in [4.78, 5) is 49.9. The first-order valence-electron chi connectivity index (χ1n) is 18.0. The number of pyridine rings is 1. The molecule has 5 aromatic rings. The summed E-state index contributed by atoms with van der Waals surface area (Å²) < 4.78 is 74.9. The molecule has 17 heteroatoms. The number of rotatable bonds is 15. The van der Waals surface area contributed by atoms with E-state index in [0.29, 0.717) is 41.1 Å². The van der Waals surface area contributed by atoms with E-state index >= 15 is 0 Å². The van der Waals surface area contributed by atoms with Crippen molar-refractivity contribution in [2.45, 2.75) is 44.3 Å². The second kappa shape index (κ2) is 20.0. The van der Waals surface area contributed by atoms with E-state index in [1.165, 1.54) is 35.2 Å². The Morgan fingerprint density at radius 3 is 1.95 bits per heavy atom. The molecule has 4 aromatic carbocycles. The number of halogens is 5. The standard InChI is InChI=1S/C38H36F5N3O3.C4H6O6/c1-44(2)19-20-49-31-17-18-32-34(22-31)46(30(21-35(32)47)16-13-28-5-4-6-33(39)37(28)40)24-36(48)45(3)23-25-7-9-26(10-8-25)27-11-14-29(15-12-27)38(41,42)43;5-1(3(7)8)2(6)4(9)10/h4-12,14-15,17-18,21-22H,13,16,19-20,23-24H2,1-3H3;1-2,5-6H,(H,7,8)(H,9,10)/t;1-,2-/m.1/s1. The average Bonchev–Trinajstić information content (AvgIpc) is 3.19. The molecule has 59 heavy (non-hydrogen) atoms. The van der Waals surface area contributed by atoms with Crippen molar-refractivity contribution in [1.29, 1.82) is 0 Å². The van der Waals surface area contributed by atoms with Gasteiger partial charge in [0.05, 0.1) is 11.1 Å². The Balaban J connectivity index is 0.000000680.